The van der Waals surface area contributed by atoms with Crippen LogP contribution in [0.25, 0.3) is 0 Å². The van der Waals surface area contributed by atoms with Crippen LogP contribution in [0, 0.1) is 13.8 Å². The lowest BCUT2D eigenvalue weighted by Crippen LogP contribution is -2.06. The molecule has 3 nitrogen and oxygen atoms in total. The Morgan fingerprint density at radius 1 is 1.33 bits per heavy atom. The number of aromatic carboxylic acids is 1. The van der Waals surface area contributed by atoms with Crippen LogP contribution in [0.5, 0.6) is 5.75 Å². The summed E-state index contributed by atoms with van der Waals surface area (Å²) in [6.07, 6.45) is 0. The van der Waals surface area contributed by atoms with E-state index in [2.05, 4.69) is 4.74 Å². The van der Waals surface area contributed by atoms with E-state index in [1.165, 1.54) is 26.0 Å². The molecule has 1 aromatic carbocycles. The topological polar surface area (TPSA) is 46.5 Å². The summed E-state index contributed by atoms with van der Waals surface area (Å²) in [6.45, 7) is 0.145. The molecule has 0 spiro atoms. The standard InChI is InChI=1S/C10H10F2O3/c1-5-3-7(9(13)14)4-6(2)8(5)15-10(11)12/h3-4,10H,1-2H3,(H,13,14). The molecule has 1 N–H and O–H groups in total. The van der Waals surface area contributed by atoms with Crippen LogP contribution in [0.3, 0.4) is 0 Å². The molecule has 5 heteroatoms. The van der Waals surface area contributed by atoms with Gasteiger partial charge in [-0.25, -0.2) is 4.79 Å². The number of aryl methyl sites for hydroxylation is 2. The van der Waals surface area contributed by atoms with Crippen molar-refractivity contribution in [1.82, 2.24) is 0 Å². The molecule has 0 amide bonds. The van der Waals surface area contributed by atoms with E-state index in [1.807, 2.05) is 0 Å². The fraction of sp³-hybridized carbons (Fsp3) is 0.300. The van der Waals surface area contributed by atoms with E-state index in [9.17, 15) is 13.6 Å². The Bertz CT molecular complexity index is 365. The van der Waals surface area contributed by atoms with Crippen molar-refractivity contribution in [1.29, 1.82) is 0 Å². The first kappa shape index (κ1) is 11.4. The van der Waals surface area contributed by atoms with Gasteiger partial charge in [0, 0.05) is 0 Å². The van der Waals surface area contributed by atoms with Gasteiger partial charge in [0.05, 0.1) is 5.56 Å². The van der Waals surface area contributed by atoms with E-state index in [1.54, 1.807) is 0 Å². The van der Waals surface area contributed by atoms with Crippen LogP contribution in [0.2, 0.25) is 0 Å². The first-order valence-corrected chi connectivity index (χ1v) is 4.21. The van der Waals surface area contributed by atoms with Crippen LogP contribution in [0.4, 0.5) is 8.78 Å². The van der Waals surface area contributed by atoms with Crippen molar-refractivity contribution in [3.63, 3.8) is 0 Å². The van der Waals surface area contributed by atoms with Gasteiger partial charge in [-0.1, -0.05) is 0 Å². The van der Waals surface area contributed by atoms with Crippen LogP contribution >= 0.6 is 0 Å². The van der Waals surface area contributed by atoms with E-state index in [0.29, 0.717) is 11.1 Å². The van der Waals surface area contributed by atoms with Crippen molar-refractivity contribution in [2.24, 2.45) is 0 Å². The second-order valence-corrected chi connectivity index (χ2v) is 3.12. The van der Waals surface area contributed by atoms with Gasteiger partial charge in [0.1, 0.15) is 5.75 Å². The van der Waals surface area contributed by atoms with Crippen LogP contribution in [-0.2, 0) is 0 Å². The molecule has 0 unspecified atom stereocenters. The Morgan fingerprint density at radius 3 is 2.13 bits per heavy atom. The van der Waals surface area contributed by atoms with Crippen molar-refractivity contribution < 1.29 is 23.4 Å². The maximum atomic E-state index is 12.0. The molecular weight excluding hydrogens is 206 g/mol. The summed E-state index contributed by atoms with van der Waals surface area (Å²) in [5.74, 6) is -1.06. The minimum Gasteiger partial charge on any atom is -0.478 e. The number of ether oxygens (including phenoxy) is 1. The fourth-order valence-electron chi connectivity index (χ4n) is 1.35. The molecule has 0 aromatic heterocycles. The summed E-state index contributed by atoms with van der Waals surface area (Å²) >= 11 is 0. The molecule has 0 radical (unpaired) electrons. The Hall–Kier alpha value is -1.65. The molecule has 0 saturated heterocycles. The molecule has 0 atom stereocenters. The molecule has 0 aliphatic rings. The Labute approximate surface area is 85.3 Å². The maximum absolute atomic E-state index is 12.0. The zero-order chi connectivity index (χ0) is 11.6. The van der Waals surface area contributed by atoms with E-state index in [4.69, 9.17) is 5.11 Å². The zero-order valence-electron chi connectivity index (χ0n) is 8.25. The average molecular weight is 216 g/mol. The van der Waals surface area contributed by atoms with Gasteiger partial charge >= 0.3 is 12.6 Å². The lowest BCUT2D eigenvalue weighted by atomic mass is 10.1. The molecule has 0 saturated carbocycles. The minimum absolute atomic E-state index is 0.0370. The highest BCUT2D eigenvalue weighted by Crippen LogP contribution is 2.26. The van der Waals surface area contributed by atoms with Gasteiger partial charge in [0.2, 0.25) is 0 Å². The van der Waals surface area contributed by atoms with Crippen LogP contribution in [0.15, 0.2) is 12.1 Å². The van der Waals surface area contributed by atoms with Crippen LogP contribution in [0.1, 0.15) is 21.5 Å². The number of hydrogen-bond donors (Lipinski definition) is 1. The molecule has 82 valence electrons. The zero-order valence-corrected chi connectivity index (χ0v) is 8.25. The summed E-state index contributed by atoms with van der Waals surface area (Å²) < 4.78 is 28.3. The largest absolute Gasteiger partial charge is 0.478 e. The van der Waals surface area contributed by atoms with Gasteiger partial charge in [0.25, 0.3) is 0 Å². The second kappa shape index (κ2) is 4.25. The summed E-state index contributed by atoms with van der Waals surface area (Å²) in [5.41, 5.74) is 0.826. The highest BCUT2D eigenvalue weighted by atomic mass is 19.3. The summed E-state index contributed by atoms with van der Waals surface area (Å²) in [7, 11) is 0. The van der Waals surface area contributed by atoms with E-state index < -0.39 is 12.6 Å². The number of hydrogen-bond acceptors (Lipinski definition) is 2. The van der Waals surface area contributed by atoms with Gasteiger partial charge in [-0.3, -0.25) is 0 Å². The molecule has 1 rings (SSSR count). The molecule has 0 aliphatic heterocycles. The smallest absolute Gasteiger partial charge is 0.387 e. The third kappa shape index (κ3) is 2.65. The number of rotatable bonds is 3. The van der Waals surface area contributed by atoms with Gasteiger partial charge < -0.3 is 9.84 Å². The van der Waals surface area contributed by atoms with E-state index in [-0.39, 0.29) is 11.3 Å². The predicted octanol–water partition coefficient (Wildman–Crippen LogP) is 2.60. The van der Waals surface area contributed by atoms with E-state index >= 15 is 0 Å². The third-order valence-electron chi connectivity index (χ3n) is 1.91. The quantitative estimate of drug-likeness (QED) is 0.844. The highest BCUT2D eigenvalue weighted by Gasteiger charge is 2.13. The van der Waals surface area contributed by atoms with E-state index in [0.717, 1.165) is 0 Å². The molecule has 0 bridgehead atoms. The first-order valence-electron chi connectivity index (χ1n) is 4.21. The SMILES string of the molecule is Cc1cc(C(=O)O)cc(C)c1OC(F)F. The summed E-state index contributed by atoms with van der Waals surface area (Å²) in [6, 6.07) is 2.60. The summed E-state index contributed by atoms with van der Waals surface area (Å²) in [5, 5.41) is 8.72. The Morgan fingerprint density at radius 2 is 1.80 bits per heavy atom. The fourth-order valence-corrected chi connectivity index (χ4v) is 1.35. The molecule has 0 fully saturated rings. The molecule has 0 aliphatic carbocycles. The average Bonchev–Trinajstić information content (AvgIpc) is 2.10. The van der Waals surface area contributed by atoms with Gasteiger partial charge in [0.15, 0.2) is 0 Å². The highest BCUT2D eigenvalue weighted by molar-refractivity contribution is 5.88. The molecule has 15 heavy (non-hydrogen) atoms. The van der Waals surface area contributed by atoms with Crippen molar-refractivity contribution in [2.75, 3.05) is 0 Å². The van der Waals surface area contributed by atoms with Crippen molar-refractivity contribution >= 4 is 5.97 Å². The second-order valence-electron chi connectivity index (χ2n) is 3.12. The lowest BCUT2D eigenvalue weighted by molar-refractivity contribution is -0.0507. The maximum Gasteiger partial charge on any atom is 0.387 e. The monoisotopic (exact) mass is 216 g/mol. The first-order chi connectivity index (χ1) is 6.91. The summed E-state index contributed by atoms with van der Waals surface area (Å²) in [4.78, 5) is 10.6. The number of carboxylic acids is 1. The molecule has 1 aromatic rings. The van der Waals surface area contributed by atoms with Gasteiger partial charge in [-0.2, -0.15) is 8.78 Å². The van der Waals surface area contributed by atoms with Crippen molar-refractivity contribution in [2.45, 2.75) is 20.5 Å². The Balaban J connectivity index is 3.15. The Kier molecular flexibility index (Phi) is 3.24. The van der Waals surface area contributed by atoms with Crippen molar-refractivity contribution in [3.8, 4) is 5.75 Å². The van der Waals surface area contributed by atoms with Gasteiger partial charge in [-0.15, -0.1) is 0 Å². The minimum atomic E-state index is -2.90. The molecule has 0 heterocycles. The number of alkyl halides is 2. The third-order valence-corrected chi connectivity index (χ3v) is 1.91. The number of carboxylic acid groups (broad SMARTS) is 1. The number of carbonyl (C=O) groups is 1. The molecular formula is C10H10F2O3. The number of benzene rings is 1. The van der Waals surface area contributed by atoms with Crippen LogP contribution < -0.4 is 4.74 Å². The van der Waals surface area contributed by atoms with Crippen molar-refractivity contribution in [3.05, 3.63) is 28.8 Å². The lowest BCUT2D eigenvalue weighted by Gasteiger charge is -2.11. The normalized spacial score (nSPS) is 10.5. The predicted molar refractivity (Wildman–Crippen MR) is 49.5 cm³/mol. The van der Waals surface area contributed by atoms with Gasteiger partial charge in [-0.05, 0) is 37.1 Å². The van der Waals surface area contributed by atoms with Crippen LogP contribution in [-0.4, -0.2) is 17.7 Å². The number of halogens is 2.